The number of nitriles is 1. The van der Waals surface area contributed by atoms with Crippen molar-refractivity contribution in [1.29, 1.82) is 5.26 Å². The number of nitrogens with zero attached hydrogens (tertiary/aromatic N) is 1. The Hall–Kier alpha value is -2.87. The average molecular weight is 239 g/mol. The molecule has 0 aliphatic carbocycles. The molecular formula is C13H9N3O2. The zero-order chi connectivity index (χ0) is 13.0. The van der Waals surface area contributed by atoms with E-state index in [4.69, 9.17) is 5.26 Å². The van der Waals surface area contributed by atoms with Gasteiger partial charge < -0.3 is 10.3 Å². The van der Waals surface area contributed by atoms with Crippen molar-refractivity contribution < 1.29 is 4.79 Å². The molecule has 0 fully saturated rings. The number of rotatable bonds is 2. The van der Waals surface area contributed by atoms with Crippen molar-refractivity contribution in [3.63, 3.8) is 0 Å². The third-order valence-electron chi connectivity index (χ3n) is 2.34. The summed E-state index contributed by atoms with van der Waals surface area (Å²) in [6, 6.07) is 9.65. The second-order valence-electron chi connectivity index (χ2n) is 3.57. The van der Waals surface area contributed by atoms with Crippen LogP contribution in [0.1, 0.15) is 15.9 Å². The summed E-state index contributed by atoms with van der Waals surface area (Å²) < 4.78 is 0. The van der Waals surface area contributed by atoms with E-state index in [-0.39, 0.29) is 11.0 Å². The number of aromatic amines is 1. The summed E-state index contributed by atoms with van der Waals surface area (Å²) in [4.78, 5) is 25.9. The Balaban J connectivity index is 2.19. The summed E-state index contributed by atoms with van der Waals surface area (Å²) in [6.45, 7) is 0. The van der Waals surface area contributed by atoms with Gasteiger partial charge in [0.25, 0.3) is 5.91 Å². The summed E-state index contributed by atoms with van der Waals surface area (Å²) >= 11 is 0. The summed E-state index contributed by atoms with van der Waals surface area (Å²) in [6.07, 6.45) is 2.81. The minimum Gasteiger partial charge on any atom is -0.367 e. The van der Waals surface area contributed by atoms with Gasteiger partial charge in [-0.1, -0.05) is 0 Å². The van der Waals surface area contributed by atoms with Crippen LogP contribution >= 0.6 is 0 Å². The zero-order valence-electron chi connectivity index (χ0n) is 9.31. The van der Waals surface area contributed by atoms with Crippen LogP contribution in [0.2, 0.25) is 0 Å². The maximum absolute atomic E-state index is 11.8. The van der Waals surface area contributed by atoms with Crippen LogP contribution in [-0.2, 0) is 0 Å². The molecule has 0 saturated heterocycles. The topological polar surface area (TPSA) is 85.8 Å². The van der Waals surface area contributed by atoms with E-state index in [0.29, 0.717) is 11.3 Å². The van der Waals surface area contributed by atoms with Gasteiger partial charge in [-0.3, -0.25) is 9.59 Å². The summed E-state index contributed by atoms with van der Waals surface area (Å²) in [5.41, 5.74) is 0.731. The third kappa shape index (κ3) is 2.44. The number of carbonyl (C=O) groups excluding carboxylic acids is 1. The van der Waals surface area contributed by atoms with Crippen LogP contribution < -0.4 is 10.7 Å². The minimum atomic E-state index is -0.485. The van der Waals surface area contributed by atoms with Gasteiger partial charge in [-0.15, -0.1) is 0 Å². The van der Waals surface area contributed by atoms with Crippen molar-refractivity contribution in [2.75, 3.05) is 5.32 Å². The number of H-pyrrole nitrogens is 1. The molecule has 0 radical (unpaired) electrons. The molecule has 0 spiro atoms. The quantitative estimate of drug-likeness (QED) is 0.832. The number of benzene rings is 1. The predicted molar refractivity (Wildman–Crippen MR) is 66.2 cm³/mol. The highest BCUT2D eigenvalue weighted by Crippen LogP contribution is 2.09. The number of aromatic nitrogens is 1. The fraction of sp³-hybridized carbons (Fsp3) is 0. The SMILES string of the molecule is N#Cc1ccc(NC(=O)c2c[nH]ccc2=O)cc1. The van der Waals surface area contributed by atoms with Crippen LogP contribution in [0.4, 0.5) is 5.69 Å². The Kier molecular flexibility index (Phi) is 3.21. The van der Waals surface area contributed by atoms with Gasteiger partial charge in [-0.2, -0.15) is 5.26 Å². The number of carbonyl (C=O) groups is 1. The smallest absolute Gasteiger partial charge is 0.261 e. The molecule has 1 amide bonds. The van der Waals surface area contributed by atoms with Gasteiger partial charge in [0, 0.05) is 24.1 Å². The molecule has 0 atom stereocenters. The third-order valence-corrected chi connectivity index (χ3v) is 2.34. The van der Waals surface area contributed by atoms with Crippen LogP contribution in [0.15, 0.2) is 47.5 Å². The molecule has 0 unspecified atom stereocenters. The molecule has 5 heteroatoms. The van der Waals surface area contributed by atoms with Crippen molar-refractivity contribution in [3.05, 3.63) is 64.1 Å². The molecule has 0 saturated carbocycles. The van der Waals surface area contributed by atoms with Crippen molar-refractivity contribution in [2.24, 2.45) is 0 Å². The molecule has 2 rings (SSSR count). The highest BCUT2D eigenvalue weighted by Gasteiger charge is 2.09. The fourth-order valence-corrected chi connectivity index (χ4v) is 1.42. The van der Waals surface area contributed by atoms with Gasteiger partial charge in [0.2, 0.25) is 0 Å². The van der Waals surface area contributed by atoms with Gasteiger partial charge in [0.05, 0.1) is 11.6 Å². The average Bonchev–Trinajstić information content (AvgIpc) is 2.40. The first kappa shape index (κ1) is 11.6. The first-order valence-electron chi connectivity index (χ1n) is 5.19. The van der Waals surface area contributed by atoms with E-state index in [1.807, 2.05) is 6.07 Å². The normalized spacial score (nSPS) is 9.50. The Morgan fingerprint density at radius 1 is 1.22 bits per heavy atom. The summed E-state index contributed by atoms with van der Waals surface area (Å²) in [5.74, 6) is -0.485. The molecule has 1 aromatic carbocycles. The molecule has 2 N–H and O–H groups in total. The number of pyridine rings is 1. The lowest BCUT2D eigenvalue weighted by Gasteiger charge is -2.04. The van der Waals surface area contributed by atoms with E-state index in [0.717, 1.165) is 0 Å². The van der Waals surface area contributed by atoms with E-state index < -0.39 is 5.91 Å². The van der Waals surface area contributed by atoms with Crippen LogP contribution in [-0.4, -0.2) is 10.9 Å². The number of anilines is 1. The molecule has 18 heavy (non-hydrogen) atoms. The molecule has 0 bridgehead atoms. The Morgan fingerprint density at radius 3 is 2.56 bits per heavy atom. The zero-order valence-corrected chi connectivity index (χ0v) is 9.31. The largest absolute Gasteiger partial charge is 0.367 e. The lowest BCUT2D eigenvalue weighted by Crippen LogP contribution is -2.20. The van der Waals surface area contributed by atoms with Crippen molar-refractivity contribution in [2.45, 2.75) is 0 Å². The van der Waals surface area contributed by atoms with E-state index in [2.05, 4.69) is 10.3 Å². The molecule has 0 aliphatic heterocycles. The van der Waals surface area contributed by atoms with Crippen molar-refractivity contribution in [1.82, 2.24) is 4.98 Å². The lowest BCUT2D eigenvalue weighted by molar-refractivity contribution is 0.102. The standard InChI is InChI=1S/C13H9N3O2/c14-7-9-1-3-10(4-2-9)16-13(18)11-8-15-6-5-12(11)17/h1-6,8H,(H,15,17)(H,16,18). The van der Waals surface area contributed by atoms with E-state index in [1.54, 1.807) is 24.3 Å². The molecular weight excluding hydrogens is 230 g/mol. The Morgan fingerprint density at radius 2 is 1.94 bits per heavy atom. The van der Waals surface area contributed by atoms with E-state index in [9.17, 15) is 9.59 Å². The molecule has 1 heterocycles. The van der Waals surface area contributed by atoms with Gasteiger partial charge in [0.1, 0.15) is 5.56 Å². The number of hydrogen-bond donors (Lipinski definition) is 2. The van der Waals surface area contributed by atoms with E-state index >= 15 is 0 Å². The Labute approximate surface area is 103 Å². The molecule has 88 valence electrons. The van der Waals surface area contributed by atoms with Crippen molar-refractivity contribution in [3.8, 4) is 6.07 Å². The molecule has 1 aromatic heterocycles. The lowest BCUT2D eigenvalue weighted by atomic mass is 10.2. The van der Waals surface area contributed by atoms with E-state index in [1.165, 1.54) is 18.5 Å². The highest BCUT2D eigenvalue weighted by molar-refractivity contribution is 6.03. The second-order valence-corrected chi connectivity index (χ2v) is 3.57. The first-order valence-corrected chi connectivity index (χ1v) is 5.19. The molecule has 5 nitrogen and oxygen atoms in total. The van der Waals surface area contributed by atoms with Gasteiger partial charge in [-0.05, 0) is 24.3 Å². The van der Waals surface area contributed by atoms with Gasteiger partial charge >= 0.3 is 0 Å². The van der Waals surface area contributed by atoms with Crippen LogP contribution in [0.25, 0.3) is 0 Å². The number of nitrogens with one attached hydrogen (secondary N) is 2. The maximum atomic E-state index is 11.8. The van der Waals surface area contributed by atoms with Crippen LogP contribution in [0, 0.1) is 11.3 Å². The summed E-state index contributed by atoms with van der Waals surface area (Å²) in [7, 11) is 0. The fourth-order valence-electron chi connectivity index (χ4n) is 1.42. The minimum absolute atomic E-state index is 0.0434. The molecule has 0 aliphatic rings. The monoisotopic (exact) mass is 239 g/mol. The number of hydrogen-bond acceptors (Lipinski definition) is 3. The van der Waals surface area contributed by atoms with Crippen LogP contribution in [0.3, 0.4) is 0 Å². The first-order chi connectivity index (χ1) is 8.70. The Bertz CT molecular complexity index is 666. The van der Waals surface area contributed by atoms with Gasteiger partial charge in [0.15, 0.2) is 5.43 Å². The van der Waals surface area contributed by atoms with Crippen LogP contribution in [0.5, 0.6) is 0 Å². The van der Waals surface area contributed by atoms with Crippen molar-refractivity contribution >= 4 is 11.6 Å². The highest BCUT2D eigenvalue weighted by atomic mass is 16.2. The number of amides is 1. The summed E-state index contributed by atoms with van der Waals surface area (Å²) in [5, 5.41) is 11.2. The second kappa shape index (κ2) is 4.97. The maximum Gasteiger partial charge on any atom is 0.261 e. The van der Waals surface area contributed by atoms with Gasteiger partial charge in [-0.25, -0.2) is 0 Å². The molecule has 2 aromatic rings. The predicted octanol–water partition coefficient (Wildman–Crippen LogP) is 1.50.